The summed E-state index contributed by atoms with van der Waals surface area (Å²) in [7, 11) is 0. The third-order valence-corrected chi connectivity index (χ3v) is 5.79. The summed E-state index contributed by atoms with van der Waals surface area (Å²) in [6.45, 7) is 7.86. The highest BCUT2D eigenvalue weighted by molar-refractivity contribution is 7.09. The van der Waals surface area contributed by atoms with E-state index in [0.717, 1.165) is 29.7 Å². The van der Waals surface area contributed by atoms with Crippen LogP contribution in [-0.4, -0.2) is 36.2 Å². The predicted molar refractivity (Wildman–Crippen MR) is 90.5 cm³/mol. The molecule has 2 fully saturated rings. The number of fused-ring (bicyclic) bond motifs is 1. The van der Waals surface area contributed by atoms with Crippen molar-refractivity contribution in [2.45, 2.75) is 52.1 Å². The number of nitrogens with one attached hydrogen (secondary N) is 2. The molecule has 0 bridgehead atoms. The first-order chi connectivity index (χ1) is 11.7. The third kappa shape index (κ3) is 3.62. The fraction of sp³-hybridized carbons (Fsp3) is 0.750. The normalized spacial score (nSPS) is 28.4. The van der Waals surface area contributed by atoms with Crippen LogP contribution in [-0.2, 0) is 17.5 Å². The zero-order valence-electron chi connectivity index (χ0n) is 14.5. The monoisotopic (exact) mass is 376 g/mol. The first-order valence-corrected chi connectivity index (χ1v) is 9.29. The Morgan fingerprint density at radius 1 is 1.48 bits per heavy atom. The molecule has 1 saturated heterocycles. The van der Waals surface area contributed by atoms with Gasteiger partial charge >= 0.3 is 6.18 Å². The lowest BCUT2D eigenvalue weighted by molar-refractivity contribution is -0.140. The number of aromatic nitrogens is 1. The minimum atomic E-state index is -4.41. The van der Waals surface area contributed by atoms with E-state index in [1.807, 2.05) is 6.92 Å². The summed E-state index contributed by atoms with van der Waals surface area (Å²) < 4.78 is 43.7. The van der Waals surface area contributed by atoms with Crippen LogP contribution in [0.25, 0.3) is 0 Å². The Balaban J connectivity index is 1.66. The van der Waals surface area contributed by atoms with Crippen LogP contribution in [0.4, 0.5) is 13.2 Å². The van der Waals surface area contributed by atoms with Crippen molar-refractivity contribution in [3.05, 3.63) is 16.1 Å². The molecule has 0 radical (unpaired) electrons. The van der Waals surface area contributed by atoms with E-state index in [4.69, 9.17) is 4.74 Å². The van der Waals surface area contributed by atoms with Crippen LogP contribution in [0.3, 0.4) is 0 Å². The summed E-state index contributed by atoms with van der Waals surface area (Å²) in [5, 5.41) is 7.97. The number of halogens is 3. The molecule has 2 heterocycles. The molecule has 140 valence electrons. The van der Waals surface area contributed by atoms with Crippen molar-refractivity contribution in [1.29, 1.82) is 0 Å². The highest BCUT2D eigenvalue weighted by atomic mass is 32.1. The zero-order valence-corrected chi connectivity index (χ0v) is 15.3. The molecule has 3 atom stereocenters. The summed E-state index contributed by atoms with van der Waals surface area (Å²) in [5.74, 6) is 1.06. The average Bonchev–Trinajstić information content (AvgIpc) is 3.17. The largest absolute Gasteiger partial charge is 0.434 e. The standard InChI is InChI=1S/C16H23F3N4OS/c1-4-20-14(21-7-11-22-10(8-25-11)16(17,18)19)23-12-9-5-6-24-13(9)15(12,2)3/h8-9,12-13H,4-7H2,1-3H3,(H2,20,21,23). The third-order valence-electron chi connectivity index (χ3n) is 4.95. The molecule has 0 spiro atoms. The summed E-state index contributed by atoms with van der Waals surface area (Å²) in [5.41, 5.74) is -0.853. The van der Waals surface area contributed by atoms with Crippen molar-refractivity contribution in [1.82, 2.24) is 15.6 Å². The number of rotatable bonds is 4. The van der Waals surface area contributed by atoms with Gasteiger partial charge in [-0.2, -0.15) is 13.2 Å². The molecule has 1 aromatic heterocycles. The molecule has 0 aromatic carbocycles. The maximum absolute atomic E-state index is 12.6. The smallest absolute Gasteiger partial charge is 0.377 e. The molecular weight excluding hydrogens is 353 g/mol. The summed E-state index contributed by atoms with van der Waals surface area (Å²) in [6, 6.07) is 0.236. The quantitative estimate of drug-likeness (QED) is 0.627. The number of ether oxygens (including phenoxy) is 1. The fourth-order valence-corrected chi connectivity index (χ4v) is 4.47. The van der Waals surface area contributed by atoms with E-state index in [0.29, 0.717) is 23.4 Å². The second kappa shape index (κ2) is 6.75. The van der Waals surface area contributed by atoms with Gasteiger partial charge in [0.1, 0.15) is 5.01 Å². The van der Waals surface area contributed by atoms with Crippen molar-refractivity contribution in [2.75, 3.05) is 13.2 Å². The summed E-state index contributed by atoms with van der Waals surface area (Å²) >= 11 is 0.977. The minimum Gasteiger partial charge on any atom is -0.377 e. The van der Waals surface area contributed by atoms with Crippen LogP contribution < -0.4 is 10.6 Å². The summed E-state index contributed by atoms with van der Waals surface area (Å²) in [6.07, 6.45) is -3.12. The van der Waals surface area contributed by atoms with Gasteiger partial charge in [-0.15, -0.1) is 11.3 Å². The number of nitrogens with zero attached hydrogens (tertiary/aromatic N) is 2. The number of guanidine groups is 1. The number of thiazole rings is 1. The number of alkyl halides is 3. The van der Waals surface area contributed by atoms with E-state index in [1.165, 1.54) is 0 Å². The van der Waals surface area contributed by atoms with Gasteiger partial charge in [-0.3, -0.25) is 0 Å². The van der Waals surface area contributed by atoms with Crippen LogP contribution in [0.2, 0.25) is 0 Å². The maximum atomic E-state index is 12.6. The first kappa shape index (κ1) is 18.4. The SMILES string of the molecule is CCNC(=NCc1nc(C(F)(F)F)cs1)NC1C2CCOC2C1(C)C. The molecule has 0 amide bonds. The van der Waals surface area contributed by atoms with Crippen LogP contribution >= 0.6 is 11.3 Å². The number of hydrogen-bond donors (Lipinski definition) is 2. The maximum Gasteiger partial charge on any atom is 0.434 e. The number of aliphatic imine (C=N–C) groups is 1. The Labute approximate surface area is 149 Å². The Kier molecular flexibility index (Phi) is 4.98. The van der Waals surface area contributed by atoms with Gasteiger partial charge in [0, 0.05) is 35.9 Å². The van der Waals surface area contributed by atoms with E-state index in [-0.39, 0.29) is 24.1 Å². The van der Waals surface area contributed by atoms with E-state index in [1.54, 1.807) is 0 Å². The van der Waals surface area contributed by atoms with Crippen molar-refractivity contribution >= 4 is 17.3 Å². The molecule has 3 unspecified atom stereocenters. The van der Waals surface area contributed by atoms with Crippen LogP contribution in [0.5, 0.6) is 0 Å². The molecule has 25 heavy (non-hydrogen) atoms. The average molecular weight is 376 g/mol. The summed E-state index contributed by atoms with van der Waals surface area (Å²) in [4.78, 5) is 8.03. The van der Waals surface area contributed by atoms with Gasteiger partial charge in [0.2, 0.25) is 0 Å². The highest BCUT2D eigenvalue weighted by Gasteiger charge is 2.59. The second-order valence-corrected chi connectivity index (χ2v) is 7.95. The van der Waals surface area contributed by atoms with Crippen molar-refractivity contribution < 1.29 is 17.9 Å². The van der Waals surface area contributed by atoms with Crippen molar-refractivity contribution in [3.8, 4) is 0 Å². The fourth-order valence-electron chi connectivity index (χ4n) is 3.74. The van der Waals surface area contributed by atoms with Gasteiger partial charge in [0.05, 0.1) is 12.6 Å². The van der Waals surface area contributed by atoms with Gasteiger partial charge in [-0.1, -0.05) is 13.8 Å². The van der Waals surface area contributed by atoms with E-state index >= 15 is 0 Å². The number of hydrogen-bond acceptors (Lipinski definition) is 4. The second-order valence-electron chi connectivity index (χ2n) is 7.01. The van der Waals surface area contributed by atoms with E-state index in [2.05, 4.69) is 34.5 Å². The van der Waals surface area contributed by atoms with E-state index in [9.17, 15) is 13.2 Å². The molecular formula is C16H23F3N4OS. The van der Waals surface area contributed by atoms with Crippen LogP contribution in [0, 0.1) is 11.3 Å². The lowest BCUT2D eigenvalue weighted by Gasteiger charge is -2.54. The topological polar surface area (TPSA) is 58.5 Å². The van der Waals surface area contributed by atoms with Gasteiger partial charge in [-0.25, -0.2) is 9.98 Å². The Bertz CT molecular complexity index is 644. The van der Waals surface area contributed by atoms with Gasteiger partial charge in [0.15, 0.2) is 11.7 Å². The van der Waals surface area contributed by atoms with Crippen LogP contribution in [0.15, 0.2) is 10.4 Å². The molecule has 1 saturated carbocycles. The molecule has 2 aliphatic rings. The molecule has 3 rings (SSSR count). The first-order valence-electron chi connectivity index (χ1n) is 8.41. The predicted octanol–water partition coefficient (Wildman–Crippen LogP) is 3.03. The van der Waals surface area contributed by atoms with Gasteiger partial charge < -0.3 is 15.4 Å². The van der Waals surface area contributed by atoms with Crippen molar-refractivity contribution in [3.63, 3.8) is 0 Å². The lowest BCUT2D eigenvalue weighted by Crippen LogP contribution is -2.67. The molecule has 2 N–H and O–H groups in total. The lowest BCUT2D eigenvalue weighted by atomic mass is 9.57. The van der Waals surface area contributed by atoms with Crippen molar-refractivity contribution in [2.24, 2.45) is 16.3 Å². The zero-order chi connectivity index (χ0) is 18.2. The highest BCUT2D eigenvalue weighted by Crippen LogP contribution is 2.52. The molecule has 9 heteroatoms. The molecule has 5 nitrogen and oxygen atoms in total. The molecule has 1 aliphatic heterocycles. The Hall–Kier alpha value is -1.35. The van der Waals surface area contributed by atoms with E-state index < -0.39 is 11.9 Å². The van der Waals surface area contributed by atoms with Gasteiger partial charge in [-0.05, 0) is 13.3 Å². The van der Waals surface area contributed by atoms with Gasteiger partial charge in [0.25, 0.3) is 0 Å². The molecule has 1 aliphatic carbocycles. The van der Waals surface area contributed by atoms with Crippen LogP contribution in [0.1, 0.15) is 37.9 Å². The minimum absolute atomic E-state index is 0.00198. The Morgan fingerprint density at radius 2 is 2.24 bits per heavy atom. The Morgan fingerprint density at radius 3 is 2.88 bits per heavy atom. The molecule has 1 aromatic rings.